The molecule has 5 heteroatoms. The van der Waals surface area contributed by atoms with Crippen LogP contribution >= 0.6 is 12.4 Å². The zero-order chi connectivity index (χ0) is 15.2. The van der Waals surface area contributed by atoms with Gasteiger partial charge in [-0.05, 0) is 18.4 Å². The molecule has 2 N–H and O–H groups in total. The Hall–Kier alpha value is -1.10. The highest BCUT2D eigenvalue weighted by molar-refractivity contribution is 5.85. The van der Waals surface area contributed by atoms with E-state index in [1.54, 1.807) is 0 Å². The third-order valence-corrected chi connectivity index (χ3v) is 4.77. The molecule has 1 aromatic carbocycles. The lowest BCUT2D eigenvalue weighted by molar-refractivity contribution is -0.123. The van der Waals surface area contributed by atoms with E-state index in [2.05, 4.69) is 41.0 Å². The van der Waals surface area contributed by atoms with E-state index in [1.165, 1.54) is 24.8 Å². The Kier molecular flexibility index (Phi) is 7.34. The van der Waals surface area contributed by atoms with Crippen LogP contribution in [-0.2, 0) is 9.53 Å². The van der Waals surface area contributed by atoms with E-state index in [0.29, 0.717) is 18.9 Å². The summed E-state index contributed by atoms with van der Waals surface area (Å²) >= 11 is 0. The summed E-state index contributed by atoms with van der Waals surface area (Å²) in [5.74, 6) is 0.602. The summed E-state index contributed by atoms with van der Waals surface area (Å²) < 4.78 is 5.42. The van der Waals surface area contributed by atoms with Gasteiger partial charge in [0, 0.05) is 31.0 Å². The molecule has 2 fully saturated rings. The van der Waals surface area contributed by atoms with Crippen molar-refractivity contribution in [3.05, 3.63) is 35.9 Å². The van der Waals surface area contributed by atoms with E-state index in [1.807, 2.05) is 0 Å². The lowest BCUT2D eigenvalue weighted by Gasteiger charge is -2.33. The summed E-state index contributed by atoms with van der Waals surface area (Å²) in [5.41, 5.74) is 1.35. The van der Waals surface area contributed by atoms with E-state index >= 15 is 0 Å². The van der Waals surface area contributed by atoms with Crippen molar-refractivity contribution in [2.45, 2.75) is 50.1 Å². The molecule has 23 heavy (non-hydrogen) atoms. The number of morpholine rings is 1. The fraction of sp³-hybridized carbons (Fsp3) is 0.611. The normalized spacial score (nSPS) is 27.7. The van der Waals surface area contributed by atoms with Gasteiger partial charge in [0.2, 0.25) is 5.91 Å². The molecular weight excluding hydrogens is 312 g/mol. The quantitative estimate of drug-likeness (QED) is 0.887. The zero-order valence-electron chi connectivity index (χ0n) is 13.5. The fourth-order valence-corrected chi connectivity index (χ4v) is 3.64. The molecule has 3 unspecified atom stereocenters. The first-order valence-corrected chi connectivity index (χ1v) is 8.48. The van der Waals surface area contributed by atoms with Crippen LogP contribution in [0.5, 0.6) is 0 Å². The van der Waals surface area contributed by atoms with Crippen LogP contribution in [-0.4, -0.2) is 37.7 Å². The number of amides is 1. The first kappa shape index (κ1) is 18.2. The summed E-state index contributed by atoms with van der Waals surface area (Å²) in [7, 11) is 0. The average molecular weight is 339 g/mol. The minimum Gasteiger partial charge on any atom is -0.378 e. The molecule has 3 rings (SSSR count). The van der Waals surface area contributed by atoms with Crippen molar-refractivity contribution in [1.82, 2.24) is 10.6 Å². The van der Waals surface area contributed by atoms with E-state index in [0.717, 1.165) is 19.6 Å². The number of hydrogen-bond donors (Lipinski definition) is 2. The number of carbonyl (C=O) groups excluding carboxylic acids is 1. The van der Waals surface area contributed by atoms with Crippen molar-refractivity contribution in [2.75, 3.05) is 19.8 Å². The van der Waals surface area contributed by atoms with Gasteiger partial charge in [-0.1, -0.05) is 43.2 Å². The molecule has 3 atom stereocenters. The average Bonchev–Trinajstić information content (AvgIpc) is 2.57. The number of carbonyl (C=O) groups is 1. The van der Waals surface area contributed by atoms with E-state index in [4.69, 9.17) is 4.74 Å². The molecule has 1 saturated carbocycles. The van der Waals surface area contributed by atoms with Crippen LogP contribution in [0.25, 0.3) is 0 Å². The van der Waals surface area contributed by atoms with Gasteiger partial charge in [0.25, 0.3) is 0 Å². The number of halogens is 1. The number of nitrogens with one attached hydrogen (secondary N) is 2. The summed E-state index contributed by atoms with van der Waals surface area (Å²) in [6.07, 6.45) is 5.22. The first-order chi connectivity index (χ1) is 10.8. The molecule has 1 aliphatic heterocycles. The largest absolute Gasteiger partial charge is 0.378 e. The van der Waals surface area contributed by atoms with E-state index < -0.39 is 0 Å². The van der Waals surface area contributed by atoms with Crippen molar-refractivity contribution in [2.24, 2.45) is 0 Å². The molecule has 0 bridgehead atoms. The van der Waals surface area contributed by atoms with Crippen molar-refractivity contribution in [1.29, 1.82) is 0 Å². The maximum atomic E-state index is 12.3. The molecule has 0 aromatic heterocycles. The predicted octanol–water partition coefficient (Wildman–Crippen LogP) is 2.63. The van der Waals surface area contributed by atoms with Gasteiger partial charge in [0.15, 0.2) is 0 Å². The van der Waals surface area contributed by atoms with Gasteiger partial charge in [0.1, 0.15) is 0 Å². The Labute approximate surface area is 144 Å². The Morgan fingerprint density at radius 3 is 2.74 bits per heavy atom. The monoisotopic (exact) mass is 338 g/mol. The van der Waals surface area contributed by atoms with Crippen LogP contribution in [0.2, 0.25) is 0 Å². The Morgan fingerprint density at radius 1 is 1.22 bits per heavy atom. The summed E-state index contributed by atoms with van der Waals surface area (Å²) in [5, 5.41) is 6.62. The Morgan fingerprint density at radius 2 is 2.00 bits per heavy atom. The van der Waals surface area contributed by atoms with Crippen molar-refractivity contribution in [3.8, 4) is 0 Å². The highest BCUT2D eigenvalue weighted by Gasteiger charge is 2.28. The van der Waals surface area contributed by atoms with Crippen LogP contribution < -0.4 is 10.6 Å². The second kappa shape index (κ2) is 9.26. The summed E-state index contributed by atoms with van der Waals surface area (Å²) in [6.45, 7) is 2.23. The van der Waals surface area contributed by atoms with Crippen LogP contribution in [0.4, 0.5) is 0 Å². The summed E-state index contributed by atoms with van der Waals surface area (Å²) in [6, 6.07) is 11.0. The lowest BCUT2D eigenvalue weighted by atomic mass is 9.80. The van der Waals surface area contributed by atoms with Gasteiger partial charge >= 0.3 is 0 Å². The number of ether oxygens (including phenoxy) is 1. The smallest absolute Gasteiger partial charge is 0.221 e. The second-order valence-corrected chi connectivity index (χ2v) is 6.41. The highest BCUT2D eigenvalue weighted by Crippen LogP contribution is 2.33. The lowest BCUT2D eigenvalue weighted by Crippen LogP contribution is -2.47. The minimum absolute atomic E-state index is 0. The molecule has 1 heterocycles. The number of rotatable bonds is 4. The van der Waals surface area contributed by atoms with Crippen molar-refractivity contribution in [3.63, 3.8) is 0 Å². The molecular formula is C18H27ClN2O2. The van der Waals surface area contributed by atoms with Crippen LogP contribution in [0.1, 0.15) is 43.6 Å². The third kappa shape index (κ3) is 5.20. The molecule has 0 spiro atoms. The predicted molar refractivity (Wildman–Crippen MR) is 94.1 cm³/mol. The molecule has 0 radical (unpaired) electrons. The van der Waals surface area contributed by atoms with Gasteiger partial charge in [-0.2, -0.15) is 0 Å². The zero-order valence-corrected chi connectivity index (χ0v) is 14.3. The SMILES string of the molecule is Cl.O=C(CC1COCCN1)NC1CCCCC1c1ccccc1. The first-order valence-electron chi connectivity index (χ1n) is 8.48. The maximum absolute atomic E-state index is 12.3. The van der Waals surface area contributed by atoms with Gasteiger partial charge < -0.3 is 15.4 Å². The molecule has 1 aliphatic carbocycles. The molecule has 1 saturated heterocycles. The Bertz CT molecular complexity index is 477. The molecule has 1 amide bonds. The minimum atomic E-state index is 0. The van der Waals surface area contributed by atoms with E-state index in [9.17, 15) is 4.79 Å². The standard InChI is InChI=1S/C18H26N2O2.ClH/c21-18(12-15-13-22-11-10-19-15)20-17-9-5-4-8-16(17)14-6-2-1-3-7-14;/h1-3,6-7,15-17,19H,4-5,8-13H2,(H,20,21);1H. The fourth-order valence-electron chi connectivity index (χ4n) is 3.64. The van der Waals surface area contributed by atoms with Crippen molar-refractivity contribution >= 4 is 18.3 Å². The van der Waals surface area contributed by atoms with Crippen LogP contribution in [0.3, 0.4) is 0 Å². The topological polar surface area (TPSA) is 50.4 Å². The van der Waals surface area contributed by atoms with E-state index in [-0.39, 0.29) is 30.4 Å². The van der Waals surface area contributed by atoms with Gasteiger partial charge in [-0.15, -0.1) is 12.4 Å². The second-order valence-electron chi connectivity index (χ2n) is 6.41. The number of hydrogen-bond acceptors (Lipinski definition) is 3. The Balaban J connectivity index is 0.00000192. The van der Waals surface area contributed by atoms with Gasteiger partial charge in [0.05, 0.1) is 13.2 Å². The number of benzene rings is 1. The third-order valence-electron chi connectivity index (χ3n) is 4.77. The van der Waals surface area contributed by atoms with Crippen molar-refractivity contribution < 1.29 is 9.53 Å². The molecule has 128 valence electrons. The maximum Gasteiger partial charge on any atom is 0.221 e. The van der Waals surface area contributed by atoms with Crippen LogP contribution in [0, 0.1) is 0 Å². The van der Waals surface area contributed by atoms with Gasteiger partial charge in [-0.3, -0.25) is 4.79 Å². The molecule has 4 nitrogen and oxygen atoms in total. The molecule has 2 aliphatic rings. The van der Waals surface area contributed by atoms with Gasteiger partial charge in [-0.25, -0.2) is 0 Å². The van der Waals surface area contributed by atoms with Crippen LogP contribution in [0.15, 0.2) is 30.3 Å². The summed E-state index contributed by atoms with van der Waals surface area (Å²) in [4.78, 5) is 12.3. The molecule has 1 aromatic rings. The highest BCUT2D eigenvalue weighted by atomic mass is 35.5.